The van der Waals surface area contributed by atoms with Crippen molar-refractivity contribution < 1.29 is 13.5 Å². The second-order valence-corrected chi connectivity index (χ2v) is 7.67. The molecule has 146 valence electrons. The first-order valence-electron chi connectivity index (χ1n) is 9.41. The van der Waals surface area contributed by atoms with Crippen molar-refractivity contribution in [1.82, 2.24) is 4.98 Å². The average molecular weight is 383 g/mol. The van der Waals surface area contributed by atoms with Gasteiger partial charge in [-0.25, -0.2) is 8.78 Å². The number of nitrogens with two attached hydrogens (primary N) is 1. The molecule has 6 heteroatoms. The molecule has 1 aliphatic carbocycles. The molecule has 4 rings (SSSR count). The molecule has 1 atom stereocenters. The second kappa shape index (κ2) is 7.36. The Hall–Kier alpha value is -2.73. The van der Waals surface area contributed by atoms with E-state index >= 15 is 0 Å². The first kappa shape index (κ1) is 18.6. The number of hydrogen-bond donors (Lipinski definition) is 2. The van der Waals surface area contributed by atoms with E-state index in [4.69, 9.17) is 10.5 Å². The van der Waals surface area contributed by atoms with Crippen molar-refractivity contribution in [2.45, 2.75) is 31.9 Å². The van der Waals surface area contributed by atoms with Gasteiger partial charge >= 0.3 is 0 Å². The Bertz CT molecular complexity index is 982. The molecule has 3 aromatic rings. The number of hydrogen-bond acceptors (Lipinski definition) is 4. The van der Waals surface area contributed by atoms with Gasteiger partial charge in [-0.1, -0.05) is 18.2 Å². The molecule has 3 N–H and O–H groups in total. The molecular formula is C22H23F2N3O. The molecular weight excluding hydrogens is 360 g/mol. The molecule has 2 aromatic carbocycles. The minimum atomic E-state index is -0.625. The zero-order valence-electron chi connectivity index (χ0n) is 15.7. The van der Waals surface area contributed by atoms with Crippen LogP contribution < -0.4 is 15.8 Å². The Kier molecular flexibility index (Phi) is 4.89. The fourth-order valence-corrected chi connectivity index (χ4v) is 3.35. The fourth-order valence-electron chi connectivity index (χ4n) is 3.35. The molecule has 1 heterocycles. The molecule has 0 saturated heterocycles. The Morgan fingerprint density at radius 1 is 1.18 bits per heavy atom. The summed E-state index contributed by atoms with van der Waals surface area (Å²) in [4.78, 5) is 4.48. The summed E-state index contributed by atoms with van der Waals surface area (Å²) in [5.74, 6) is -0.194. The number of rotatable bonds is 7. The van der Waals surface area contributed by atoms with Gasteiger partial charge in [0.05, 0.1) is 17.4 Å². The minimum Gasteiger partial charge on any atom is -0.486 e. The highest BCUT2D eigenvalue weighted by molar-refractivity contribution is 5.86. The van der Waals surface area contributed by atoms with Gasteiger partial charge in [-0.2, -0.15) is 0 Å². The van der Waals surface area contributed by atoms with Crippen LogP contribution in [0.3, 0.4) is 0 Å². The number of aromatic nitrogens is 1. The summed E-state index contributed by atoms with van der Waals surface area (Å²) in [6, 6.07) is 11.2. The molecule has 1 saturated carbocycles. The largest absolute Gasteiger partial charge is 0.486 e. The maximum absolute atomic E-state index is 13.8. The summed E-state index contributed by atoms with van der Waals surface area (Å²) in [6.45, 7) is 2.54. The van der Waals surface area contributed by atoms with Gasteiger partial charge in [-0.05, 0) is 49.9 Å². The number of fused-ring (bicyclic) bond motifs is 1. The number of ether oxygens (including phenoxy) is 1. The monoisotopic (exact) mass is 383 g/mol. The van der Waals surface area contributed by atoms with E-state index in [1.54, 1.807) is 12.3 Å². The number of nitrogens with zero attached hydrogens (tertiary/aromatic N) is 1. The van der Waals surface area contributed by atoms with Gasteiger partial charge in [0.25, 0.3) is 0 Å². The Morgan fingerprint density at radius 2 is 1.89 bits per heavy atom. The van der Waals surface area contributed by atoms with Crippen molar-refractivity contribution in [3.8, 4) is 5.75 Å². The normalized spacial score (nSPS) is 16.0. The molecule has 0 amide bonds. The summed E-state index contributed by atoms with van der Waals surface area (Å²) in [5.41, 5.74) is 7.55. The lowest BCUT2D eigenvalue weighted by Crippen LogP contribution is -2.45. The van der Waals surface area contributed by atoms with Crippen LogP contribution in [0.4, 0.5) is 14.5 Å². The molecule has 1 unspecified atom stereocenters. The third-order valence-electron chi connectivity index (χ3n) is 5.29. The van der Waals surface area contributed by atoms with Crippen LogP contribution in [0.25, 0.3) is 10.9 Å². The van der Waals surface area contributed by atoms with Gasteiger partial charge in [0, 0.05) is 17.5 Å². The van der Waals surface area contributed by atoms with Crippen LogP contribution in [0.2, 0.25) is 0 Å². The number of para-hydroxylation sites is 1. The molecule has 28 heavy (non-hydrogen) atoms. The van der Waals surface area contributed by atoms with E-state index in [1.165, 1.54) is 31.0 Å². The first-order chi connectivity index (χ1) is 13.4. The van der Waals surface area contributed by atoms with E-state index in [1.807, 2.05) is 18.2 Å². The van der Waals surface area contributed by atoms with E-state index in [0.717, 1.165) is 11.1 Å². The minimum absolute atomic E-state index is 0.0971. The quantitative estimate of drug-likeness (QED) is 0.624. The number of pyridine rings is 1. The summed E-state index contributed by atoms with van der Waals surface area (Å²) in [7, 11) is 0. The van der Waals surface area contributed by atoms with Crippen molar-refractivity contribution in [1.29, 1.82) is 0 Å². The van der Waals surface area contributed by atoms with Crippen LogP contribution >= 0.6 is 0 Å². The van der Waals surface area contributed by atoms with Gasteiger partial charge in [-0.15, -0.1) is 0 Å². The van der Waals surface area contributed by atoms with Crippen molar-refractivity contribution in [2.24, 2.45) is 11.7 Å². The van der Waals surface area contributed by atoms with Crippen LogP contribution in [0, 0.1) is 17.6 Å². The van der Waals surface area contributed by atoms with E-state index in [2.05, 4.69) is 17.2 Å². The third-order valence-corrected chi connectivity index (χ3v) is 5.29. The van der Waals surface area contributed by atoms with Crippen LogP contribution in [0.15, 0.2) is 48.7 Å². The molecule has 0 aliphatic heterocycles. The average Bonchev–Trinajstić information content (AvgIpc) is 3.52. The molecule has 1 fully saturated rings. The van der Waals surface area contributed by atoms with Gasteiger partial charge in [-0.3, -0.25) is 4.98 Å². The van der Waals surface area contributed by atoms with Crippen molar-refractivity contribution in [3.63, 3.8) is 0 Å². The lowest BCUT2D eigenvalue weighted by atomic mass is 9.97. The van der Waals surface area contributed by atoms with Crippen LogP contribution in [0.5, 0.6) is 5.75 Å². The molecule has 4 nitrogen and oxygen atoms in total. The van der Waals surface area contributed by atoms with Crippen LogP contribution in [-0.4, -0.2) is 17.1 Å². The van der Waals surface area contributed by atoms with E-state index in [0.29, 0.717) is 23.7 Å². The van der Waals surface area contributed by atoms with E-state index in [9.17, 15) is 8.78 Å². The summed E-state index contributed by atoms with van der Waals surface area (Å²) in [6.07, 6.45) is 4.10. The number of anilines is 1. The predicted molar refractivity (Wildman–Crippen MR) is 106 cm³/mol. The smallest absolute Gasteiger partial charge is 0.146 e. The van der Waals surface area contributed by atoms with Crippen LogP contribution in [0.1, 0.15) is 25.3 Å². The van der Waals surface area contributed by atoms with Gasteiger partial charge in [0.1, 0.15) is 29.5 Å². The summed E-state index contributed by atoms with van der Waals surface area (Å²) in [5, 5.41) is 4.24. The third kappa shape index (κ3) is 3.92. The van der Waals surface area contributed by atoms with E-state index < -0.39 is 11.6 Å². The molecule has 1 aliphatic rings. The fraction of sp³-hybridized carbons (Fsp3) is 0.318. The molecule has 0 bridgehead atoms. The maximum Gasteiger partial charge on any atom is 0.146 e. The van der Waals surface area contributed by atoms with Gasteiger partial charge in [0.2, 0.25) is 0 Å². The predicted octanol–water partition coefficient (Wildman–Crippen LogP) is 4.63. The second-order valence-electron chi connectivity index (χ2n) is 7.67. The highest BCUT2D eigenvalue weighted by Gasteiger charge is 2.38. The zero-order valence-corrected chi connectivity index (χ0v) is 15.7. The van der Waals surface area contributed by atoms with Gasteiger partial charge in [0.15, 0.2) is 0 Å². The lowest BCUT2D eigenvalue weighted by molar-refractivity contribution is 0.295. The highest BCUT2D eigenvalue weighted by atomic mass is 19.1. The summed E-state index contributed by atoms with van der Waals surface area (Å²) < 4.78 is 33.3. The van der Waals surface area contributed by atoms with Crippen molar-refractivity contribution >= 4 is 16.6 Å². The number of nitrogens with one attached hydrogen (secondary N) is 1. The highest BCUT2D eigenvalue weighted by Crippen LogP contribution is 2.38. The topological polar surface area (TPSA) is 60.2 Å². The SMILES string of the molecule is CC(N)(CNc1cnc2c(OCc3c(F)cccc3F)cccc2c1)C1CC1. The zero-order chi connectivity index (χ0) is 19.7. The lowest BCUT2D eigenvalue weighted by Gasteiger charge is -2.25. The van der Waals surface area contributed by atoms with Crippen molar-refractivity contribution in [2.75, 3.05) is 11.9 Å². The Balaban J connectivity index is 1.50. The molecule has 1 aromatic heterocycles. The Labute approximate surface area is 162 Å². The van der Waals surface area contributed by atoms with E-state index in [-0.39, 0.29) is 17.7 Å². The number of halogens is 2. The molecule has 0 radical (unpaired) electrons. The molecule has 0 spiro atoms. The standard InChI is InChI=1S/C22H23F2N3O/c1-22(25,15-8-9-15)13-27-16-10-14-4-2-7-20(21(14)26-11-16)28-12-17-18(23)5-3-6-19(17)24/h2-7,10-11,15,27H,8-9,12-13,25H2,1H3. The van der Waals surface area contributed by atoms with Gasteiger partial charge < -0.3 is 15.8 Å². The number of benzene rings is 2. The summed E-state index contributed by atoms with van der Waals surface area (Å²) >= 11 is 0. The first-order valence-corrected chi connectivity index (χ1v) is 9.41. The Morgan fingerprint density at radius 3 is 2.61 bits per heavy atom. The maximum atomic E-state index is 13.8. The van der Waals surface area contributed by atoms with Crippen LogP contribution in [-0.2, 0) is 6.61 Å². The van der Waals surface area contributed by atoms with Crippen molar-refractivity contribution in [3.05, 3.63) is 65.9 Å².